The van der Waals surface area contributed by atoms with Crippen molar-refractivity contribution in [3.63, 3.8) is 0 Å². The van der Waals surface area contributed by atoms with E-state index in [1.807, 2.05) is 37.3 Å². The molecule has 1 amide bonds. The van der Waals surface area contributed by atoms with Crippen molar-refractivity contribution < 1.29 is 4.79 Å². The number of benzene rings is 2. The highest BCUT2D eigenvalue weighted by Crippen LogP contribution is 2.23. The molecule has 3 aromatic rings. The van der Waals surface area contributed by atoms with E-state index in [0.717, 1.165) is 35.1 Å². The van der Waals surface area contributed by atoms with Crippen LogP contribution in [0.15, 0.2) is 54.6 Å². The smallest absolute Gasteiger partial charge is 0.251 e. The second-order valence-corrected chi connectivity index (χ2v) is 7.68. The van der Waals surface area contributed by atoms with E-state index >= 15 is 0 Å². The normalized spacial score (nSPS) is 10.9. The number of amides is 1. The maximum absolute atomic E-state index is 12.3. The second kappa shape index (κ2) is 9.39. The van der Waals surface area contributed by atoms with Gasteiger partial charge in [-0.05, 0) is 38.1 Å². The van der Waals surface area contributed by atoms with Crippen molar-refractivity contribution in [1.82, 2.24) is 20.4 Å². The van der Waals surface area contributed by atoms with E-state index in [2.05, 4.69) is 51.7 Å². The van der Waals surface area contributed by atoms with Crippen LogP contribution in [0.4, 0.5) is 0 Å². The van der Waals surface area contributed by atoms with Gasteiger partial charge in [0.2, 0.25) is 0 Å². The lowest BCUT2D eigenvalue weighted by Gasteiger charge is -2.17. The molecule has 2 aromatic carbocycles. The zero-order chi connectivity index (χ0) is 19.1. The number of rotatable bonds is 8. The summed E-state index contributed by atoms with van der Waals surface area (Å²) in [5, 5.41) is 13.0. The molecule has 0 aliphatic carbocycles. The molecule has 0 fully saturated rings. The Bertz CT molecular complexity index is 861. The van der Waals surface area contributed by atoms with Crippen molar-refractivity contribution in [1.29, 1.82) is 0 Å². The lowest BCUT2D eigenvalue weighted by molar-refractivity contribution is 0.0950. The van der Waals surface area contributed by atoms with Gasteiger partial charge in [0, 0.05) is 30.8 Å². The first-order chi connectivity index (χ1) is 13.1. The molecule has 0 saturated carbocycles. The van der Waals surface area contributed by atoms with Crippen LogP contribution in [0.2, 0.25) is 0 Å². The molecule has 1 aromatic heterocycles. The number of aromatic nitrogens is 2. The van der Waals surface area contributed by atoms with Gasteiger partial charge in [0.15, 0.2) is 0 Å². The van der Waals surface area contributed by atoms with Crippen LogP contribution in [0.1, 0.15) is 20.9 Å². The minimum atomic E-state index is -0.0496. The molecule has 0 spiro atoms. The summed E-state index contributed by atoms with van der Waals surface area (Å²) in [7, 11) is 2.08. The largest absolute Gasteiger partial charge is 0.351 e. The van der Waals surface area contributed by atoms with E-state index in [0.29, 0.717) is 12.1 Å². The SMILES string of the molecule is Cc1nnc(-c2ccc(C(=O)NCCN(C)CCc3ccccc3)cc2)s1. The number of nitrogens with zero attached hydrogens (tertiary/aromatic N) is 3. The number of hydrogen-bond donors (Lipinski definition) is 1. The number of likely N-dealkylation sites (N-methyl/N-ethyl adjacent to an activating group) is 1. The molecular formula is C21H24N4OS. The summed E-state index contributed by atoms with van der Waals surface area (Å²) < 4.78 is 0. The van der Waals surface area contributed by atoms with Crippen molar-refractivity contribution in [3.05, 3.63) is 70.7 Å². The van der Waals surface area contributed by atoms with Gasteiger partial charge in [0.1, 0.15) is 10.0 Å². The Morgan fingerprint density at radius 2 is 1.78 bits per heavy atom. The first-order valence-electron chi connectivity index (χ1n) is 9.03. The summed E-state index contributed by atoms with van der Waals surface area (Å²) in [6.07, 6.45) is 1.01. The number of hydrogen-bond acceptors (Lipinski definition) is 5. The minimum absolute atomic E-state index is 0.0496. The molecule has 140 valence electrons. The average Bonchev–Trinajstić information content (AvgIpc) is 3.13. The van der Waals surface area contributed by atoms with Crippen molar-refractivity contribution in [2.75, 3.05) is 26.7 Å². The second-order valence-electron chi connectivity index (χ2n) is 6.50. The van der Waals surface area contributed by atoms with Gasteiger partial charge in [-0.3, -0.25) is 4.79 Å². The highest BCUT2D eigenvalue weighted by atomic mass is 32.1. The molecule has 3 rings (SSSR count). The van der Waals surface area contributed by atoms with Crippen LogP contribution in [0.3, 0.4) is 0 Å². The Balaban J connectivity index is 1.42. The third kappa shape index (κ3) is 5.70. The third-order valence-corrected chi connectivity index (χ3v) is 5.21. The molecule has 0 radical (unpaired) electrons. The Hall–Kier alpha value is -2.57. The molecule has 0 bridgehead atoms. The molecule has 0 saturated heterocycles. The van der Waals surface area contributed by atoms with E-state index < -0.39 is 0 Å². The summed E-state index contributed by atoms with van der Waals surface area (Å²) in [6.45, 7) is 4.35. The van der Waals surface area contributed by atoms with Gasteiger partial charge < -0.3 is 10.2 Å². The number of carbonyl (C=O) groups excluding carboxylic acids is 1. The lowest BCUT2D eigenvalue weighted by Crippen LogP contribution is -2.33. The Morgan fingerprint density at radius 1 is 1.04 bits per heavy atom. The summed E-state index contributed by atoms with van der Waals surface area (Å²) in [5.74, 6) is -0.0496. The highest BCUT2D eigenvalue weighted by molar-refractivity contribution is 7.14. The van der Waals surface area contributed by atoms with Crippen LogP contribution in [0, 0.1) is 6.92 Å². The van der Waals surface area contributed by atoms with Gasteiger partial charge in [0.05, 0.1) is 0 Å². The van der Waals surface area contributed by atoms with Crippen molar-refractivity contribution in [2.45, 2.75) is 13.3 Å². The van der Waals surface area contributed by atoms with E-state index in [9.17, 15) is 4.79 Å². The molecule has 27 heavy (non-hydrogen) atoms. The highest BCUT2D eigenvalue weighted by Gasteiger charge is 2.08. The minimum Gasteiger partial charge on any atom is -0.351 e. The van der Waals surface area contributed by atoms with Crippen molar-refractivity contribution in [3.8, 4) is 10.6 Å². The van der Waals surface area contributed by atoms with Gasteiger partial charge in [-0.15, -0.1) is 10.2 Å². The first-order valence-corrected chi connectivity index (χ1v) is 9.84. The van der Waals surface area contributed by atoms with Gasteiger partial charge >= 0.3 is 0 Å². The maximum atomic E-state index is 12.3. The fourth-order valence-corrected chi connectivity index (χ4v) is 3.41. The van der Waals surface area contributed by atoms with Crippen LogP contribution in [-0.4, -0.2) is 47.7 Å². The van der Waals surface area contributed by atoms with Gasteiger partial charge in [0.25, 0.3) is 5.91 Å². The van der Waals surface area contributed by atoms with Crippen LogP contribution >= 0.6 is 11.3 Å². The summed E-state index contributed by atoms with van der Waals surface area (Å²) in [4.78, 5) is 14.5. The van der Waals surface area contributed by atoms with Gasteiger partial charge in [-0.25, -0.2) is 0 Å². The summed E-state index contributed by atoms with van der Waals surface area (Å²) in [5.41, 5.74) is 2.98. The van der Waals surface area contributed by atoms with Crippen LogP contribution < -0.4 is 5.32 Å². The average molecular weight is 381 g/mol. The lowest BCUT2D eigenvalue weighted by atomic mass is 10.1. The predicted molar refractivity (Wildman–Crippen MR) is 110 cm³/mol. The first kappa shape index (κ1) is 19.2. The van der Waals surface area contributed by atoms with Crippen LogP contribution in [0.25, 0.3) is 10.6 Å². The number of aryl methyl sites for hydroxylation is 1. The molecule has 6 heteroatoms. The molecule has 0 atom stereocenters. The zero-order valence-electron chi connectivity index (χ0n) is 15.7. The molecule has 1 N–H and O–H groups in total. The zero-order valence-corrected chi connectivity index (χ0v) is 16.5. The molecule has 5 nitrogen and oxygen atoms in total. The van der Waals surface area contributed by atoms with E-state index in [1.165, 1.54) is 5.56 Å². The summed E-state index contributed by atoms with van der Waals surface area (Å²) >= 11 is 1.55. The van der Waals surface area contributed by atoms with Crippen LogP contribution in [-0.2, 0) is 6.42 Å². The Kier molecular flexibility index (Phi) is 6.68. The molecule has 0 aliphatic heterocycles. The molecule has 0 aliphatic rings. The maximum Gasteiger partial charge on any atom is 0.251 e. The van der Waals surface area contributed by atoms with E-state index in [-0.39, 0.29) is 5.91 Å². The van der Waals surface area contributed by atoms with Crippen molar-refractivity contribution >= 4 is 17.2 Å². The standard InChI is InChI=1S/C21H24N4OS/c1-16-23-24-21(27-16)19-10-8-18(9-11-19)20(26)22-13-15-25(2)14-12-17-6-4-3-5-7-17/h3-11H,12-15H2,1-2H3,(H,22,26). The summed E-state index contributed by atoms with van der Waals surface area (Å²) in [6, 6.07) is 17.9. The fraction of sp³-hybridized carbons (Fsp3) is 0.286. The number of nitrogens with one attached hydrogen (secondary N) is 1. The van der Waals surface area contributed by atoms with E-state index in [1.54, 1.807) is 11.3 Å². The van der Waals surface area contributed by atoms with Crippen LogP contribution in [0.5, 0.6) is 0 Å². The molecule has 1 heterocycles. The monoisotopic (exact) mass is 380 g/mol. The molecule has 0 unspecified atom stereocenters. The predicted octanol–water partition coefficient (Wildman–Crippen LogP) is 3.42. The topological polar surface area (TPSA) is 58.1 Å². The van der Waals surface area contributed by atoms with Gasteiger partial charge in [-0.2, -0.15) is 0 Å². The van der Waals surface area contributed by atoms with E-state index in [4.69, 9.17) is 0 Å². The van der Waals surface area contributed by atoms with Crippen molar-refractivity contribution in [2.24, 2.45) is 0 Å². The van der Waals surface area contributed by atoms with Gasteiger partial charge in [-0.1, -0.05) is 53.8 Å². The molecular weight excluding hydrogens is 356 g/mol. The quantitative estimate of drug-likeness (QED) is 0.651. The number of carbonyl (C=O) groups is 1. The fourth-order valence-electron chi connectivity index (χ4n) is 2.72. The Morgan fingerprint density at radius 3 is 2.44 bits per heavy atom. The third-order valence-electron chi connectivity index (χ3n) is 4.32. The Labute approximate surface area is 164 Å².